The third kappa shape index (κ3) is 2.23. The van der Waals surface area contributed by atoms with Gasteiger partial charge in [0, 0.05) is 17.7 Å². The van der Waals surface area contributed by atoms with Crippen LogP contribution in [-0.4, -0.2) is 49.8 Å². The first kappa shape index (κ1) is 19.6. The van der Waals surface area contributed by atoms with E-state index in [-0.39, 0.29) is 5.91 Å². The normalized spacial score (nSPS) is 25.4. The van der Waals surface area contributed by atoms with Crippen LogP contribution in [0.25, 0.3) is 0 Å². The van der Waals surface area contributed by atoms with Gasteiger partial charge in [-0.15, -0.1) is 0 Å². The summed E-state index contributed by atoms with van der Waals surface area (Å²) < 4.78 is 11.4. The molecule has 2 unspecified atom stereocenters. The second-order valence-corrected chi connectivity index (χ2v) is 8.57. The average molecular weight is 450 g/mol. The highest BCUT2D eigenvalue weighted by molar-refractivity contribution is 6.44. The number of halogens is 2. The van der Waals surface area contributed by atoms with Crippen LogP contribution >= 0.6 is 23.2 Å². The van der Waals surface area contributed by atoms with E-state index in [9.17, 15) is 9.90 Å². The summed E-state index contributed by atoms with van der Waals surface area (Å²) in [5.41, 5.74) is 2.04. The number of methoxy groups -OCH3 is 2. The van der Waals surface area contributed by atoms with Gasteiger partial charge in [0.25, 0.3) is 0 Å². The number of fused-ring (bicyclic) bond motifs is 2. The summed E-state index contributed by atoms with van der Waals surface area (Å²) in [6.07, 6.45) is 0.574. The first-order chi connectivity index (χ1) is 14.4. The third-order valence-corrected chi connectivity index (χ3v) is 7.43. The first-order valence-corrected chi connectivity index (χ1v) is 10.4. The number of carbonyl (C=O) groups is 1. The van der Waals surface area contributed by atoms with Gasteiger partial charge in [0.1, 0.15) is 23.6 Å². The van der Waals surface area contributed by atoms with Gasteiger partial charge < -0.3 is 30.1 Å². The number of aliphatic hydroxyl groups excluding tert-OH is 1. The fraction of sp³-hybridized carbons (Fsp3) is 0.381. The highest BCUT2D eigenvalue weighted by Gasteiger charge is 2.68. The van der Waals surface area contributed by atoms with Crippen molar-refractivity contribution in [3.63, 3.8) is 0 Å². The summed E-state index contributed by atoms with van der Waals surface area (Å²) in [5, 5.41) is 17.7. The molecule has 1 saturated heterocycles. The van der Waals surface area contributed by atoms with Crippen LogP contribution in [0.15, 0.2) is 24.3 Å². The Balaban J connectivity index is 1.80. The molecule has 0 aromatic heterocycles. The summed E-state index contributed by atoms with van der Waals surface area (Å²) in [6.45, 7) is 0.268. The van der Waals surface area contributed by atoms with Crippen LogP contribution in [-0.2, 0) is 15.9 Å². The van der Waals surface area contributed by atoms with E-state index in [0.29, 0.717) is 41.1 Å². The second-order valence-electron chi connectivity index (χ2n) is 7.79. The molecule has 2 atom stereocenters. The minimum absolute atomic E-state index is 0.317. The molecule has 2 aromatic rings. The summed E-state index contributed by atoms with van der Waals surface area (Å²) in [7, 11) is 3.26. The minimum Gasteiger partial charge on any atom is -0.496 e. The van der Waals surface area contributed by atoms with Gasteiger partial charge in [0.05, 0.1) is 47.7 Å². The molecule has 1 amide bonds. The quantitative estimate of drug-likeness (QED) is 0.667. The molecule has 9 heteroatoms. The van der Waals surface area contributed by atoms with Crippen LogP contribution in [0.2, 0.25) is 10.0 Å². The molecule has 0 bridgehead atoms. The van der Waals surface area contributed by atoms with Gasteiger partial charge >= 0.3 is 0 Å². The standard InChI is InChI=1S/C21H21Cl2N3O4/c1-29-13-5-6-14(30-2)19-16(13)20-7-8-26(15(28)9-27)10-21(20,25-19)11-3-4-12(22)17(23)18(11)24-20/h3-6,24-25,27H,7-10H2,1-2H3. The molecule has 5 rings (SSSR count). The van der Waals surface area contributed by atoms with Crippen molar-refractivity contribution in [2.75, 3.05) is 44.5 Å². The Morgan fingerprint density at radius 2 is 1.80 bits per heavy atom. The maximum absolute atomic E-state index is 12.4. The van der Waals surface area contributed by atoms with E-state index in [1.54, 1.807) is 25.2 Å². The summed E-state index contributed by atoms with van der Waals surface area (Å²) >= 11 is 12.9. The van der Waals surface area contributed by atoms with Crippen molar-refractivity contribution in [1.82, 2.24) is 4.90 Å². The number of ether oxygens (including phenoxy) is 2. The monoisotopic (exact) mass is 449 g/mol. The molecule has 1 fully saturated rings. The number of rotatable bonds is 3. The van der Waals surface area contributed by atoms with Crippen molar-refractivity contribution >= 4 is 40.5 Å². The van der Waals surface area contributed by atoms with E-state index in [2.05, 4.69) is 10.6 Å². The summed E-state index contributed by atoms with van der Waals surface area (Å²) in [5.74, 6) is 1.08. The van der Waals surface area contributed by atoms with E-state index >= 15 is 0 Å². The molecular weight excluding hydrogens is 429 g/mol. The molecule has 3 aliphatic heterocycles. The van der Waals surface area contributed by atoms with Crippen LogP contribution in [0.3, 0.4) is 0 Å². The van der Waals surface area contributed by atoms with E-state index < -0.39 is 17.7 Å². The number of hydrogen-bond acceptors (Lipinski definition) is 6. The summed E-state index contributed by atoms with van der Waals surface area (Å²) in [4.78, 5) is 14.1. The minimum atomic E-state index is -0.732. The molecule has 3 N–H and O–H groups in total. The predicted molar refractivity (Wildman–Crippen MR) is 115 cm³/mol. The third-order valence-electron chi connectivity index (χ3n) is 6.63. The zero-order valence-corrected chi connectivity index (χ0v) is 18.0. The number of benzene rings is 2. The number of hydrogen-bond donors (Lipinski definition) is 3. The lowest BCUT2D eigenvalue weighted by molar-refractivity contribution is -0.137. The predicted octanol–water partition coefficient (Wildman–Crippen LogP) is 3.18. The van der Waals surface area contributed by atoms with E-state index in [1.165, 1.54) is 0 Å². The number of amides is 1. The van der Waals surface area contributed by atoms with Crippen LogP contribution < -0.4 is 20.1 Å². The smallest absolute Gasteiger partial charge is 0.248 e. The molecule has 3 heterocycles. The fourth-order valence-electron chi connectivity index (χ4n) is 5.34. The molecule has 7 nitrogen and oxygen atoms in total. The Morgan fingerprint density at radius 3 is 2.50 bits per heavy atom. The number of aliphatic hydroxyl groups is 1. The van der Waals surface area contributed by atoms with Crippen molar-refractivity contribution in [3.8, 4) is 11.5 Å². The second kappa shape index (κ2) is 6.57. The van der Waals surface area contributed by atoms with Crippen LogP contribution in [0.4, 0.5) is 11.4 Å². The Kier molecular flexibility index (Phi) is 4.29. The number of likely N-dealkylation sites (tertiary alicyclic amines) is 1. The van der Waals surface area contributed by atoms with E-state index in [0.717, 1.165) is 22.5 Å². The zero-order valence-electron chi connectivity index (χ0n) is 16.5. The molecular formula is C21H21Cl2N3O4. The Hall–Kier alpha value is -2.35. The van der Waals surface area contributed by atoms with Gasteiger partial charge in [-0.2, -0.15) is 0 Å². The SMILES string of the molecule is COc1ccc(OC)c2c1NC13CN(C(=O)CO)CCC21Nc1c3ccc(Cl)c1Cl. The summed E-state index contributed by atoms with van der Waals surface area (Å²) in [6, 6.07) is 7.44. The highest BCUT2D eigenvalue weighted by atomic mass is 35.5. The van der Waals surface area contributed by atoms with Crippen LogP contribution in [0.5, 0.6) is 11.5 Å². The molecule has 0 spiro atoms. The van der Waals surface area contributed by atoms with E-state index in [1.807, 2.05) is 18.2 Å². The fourth-order valence-corrected chi connectivity index (χ4v) is 5.71. The molecule has 30 heavy (non-hydrogen) atoms. The zero-order chi connectivity index (χ0) is 21.3. The van der Waals surface area contributed by atoms with Crippen molar-refractivity contribution in [3.05, 3.63) is 45.4 Å². The number of nitrogens with one attached hydrogen (secondary N) is 2. The molecule has 2 aromatic carbocycles. The van der Waals surface area contributed by atoms with Gasteiger partial charge in [0.15, 0.2) is 0 Å². The van der Waals surface area contributed by atoms with Gasteiger partial charge in [0.2, 0.25) is 5.91 Å². The molecule has 3 aliphatic rings. The maximum atomic E-state index is 12.4. The van der Waals surface area contributed by atoms with Crippen molar-refractivity contribution in [2.24, 2.45) is 0 Å². The van der Waals surface area contributed by atoms with Crippen molar-refractivity contribution in [1.29, 1.82) is 0 Å². The number of carbonyl (C=O) groups excluding carboxylic acids is 1. The van der Waals surface area contributed by atoms with Gasteiger partial charge in [-0.1, -0.05) is 29.3 Å². The molecule has 0 aliphatic carbocycles. The Morgan fingerprint density at radius 1 is 1.10 bits per heavy atom. The van der Waals surface area contributed by atoms with Gasteiger partial charge in [-0.05, 0) is 24.6 Å². The first-order valence-electron chi connectivity index (χ1n) is 9.61. The van der Waals surface area contributed by atoms with Crippen molar-refractivity contribution in [2.45, 2.75) is 17.5 Å². The Labute approximate surface area is 183 Å². The lowest BCUT2D eigenvalue weighted by atomic mass is 9.69. The molecule has 158 valence electrons. The lowest BCUT2D eigenvalue weighted by Crippen LogP contribution is -2.62. The average Bonchev–Trinajstić information content (AvgIpc) is 3.22. The van der Waals surface area contributed by atoms with E-state index in [4.69, 9.17) is 32.7 Å². The maximum Gasteiger partial charge on any atom is 0.248 e. The number of piperidine rings is 1. The van der Waals surface area contributed by atoms with Crippen molar-refractivity contribution < 1.29 is 19.4 Å². The number of nitrogens with zero attached hydrogens (tertiary/aromatic N) is 1. The topological polar surface area (TPSA) is 83.1 Å². The highest BCUT2D eigenvalue weighted by Crippen LogP contribution is 2.66. The molecule has 0 saturated carbocycles. The largest absolute Gasteiger partial charge is 0.496 e. The number of anilines is 2. The lowest BCUT2D eigenvalue weighted by Gasteiger charge is -2.49. The Bertz CT molecular complexity index is 1080. The van der Waals surface area contributed by atoms with Crippen LogP contribution in [0, 0.1) is 0 Å². The molecule has 0 radical (unpaired) electrons. The van der Waals surface area contributed by atoms with Gasteiger partial charge in [-0.25, -0.2) is 0 Å². The van der Waals surface area contributed by atoms with Gasteiger partial charge in [-0.3, -0.25) is 4.79 Å². The van der Waals surface area contributed by atoms with Crippen LogP contribution in [0.1, 0.15) is 17.5 Å².